The molecule has 0 heterocycles. The van der Waals surface area contributed by atoms with Crippen molar-refractivity contribution in [3.8, 4) is 0 Å². The first-order valence-electron chi connectivity index (χ1n) is 11.9. The summed E-state index contributed by atoms with van der Waals surface area (Å²) >= 11 is 0. The first-order chi connectivity index (χ1) is 14.4. The normalized spacial score (nSPS) is 37.8. The zero-order valence-corrected chi connectivity index (χ0v) is 18.5. The number of ether oxygens (including phenoxy) is 1. The summed E-state index contributed by atoms with van der Waals surface area (Å²) < 4.78 is 5.23. The van der Waals surface area contributed by atoms with Gasteiger partial charge in [0.05, 0.1) is 13.0 Å². The SMILES string of the molecule is CCOC(=O)CC1(CCC(=O)CCC2(CC(C)=O)CC3CC=CC32)CC2CC=CC21. The molecule has 0 amide bonds. The maximum Gasteiger partial charge on any atom is 0.306 e. The average molecular weight is 413 g/mol. The molecule has 6 unspecified atom stereocenters. The van der Waals surface area contributed by atoms with Gasteiger partial charge in [-0.25, -0.2) is 0 Å². The summed E-state index contributed by atoms with van der Waals surface area (Å²) in [5.41, 5.74) is -0.0794. The molecule has 0 spiro atoms. The van der Waals surface area contributed by atoms with Gasteiger partial charge in [0, 0.05) is 19.3 Å². The molecule has 0 N–H and O–H groups in total. The van der Waals surface area contributed by atoms with Gasteiger partial charge in [-0.3, -0.25) is 9.59 Å². The van der Waals surface area contributed by atoms with E-state index in [-0.39, 0.29) is 28.4 Å². The summed E-state index contributed by atoms with van der Waals surface area (Å²) in [6.07, 6.45) is 17.1. The summed E-state index contributed by atoms with van der Waals surface area (Å²) in [6, 6.07) is 0. The van der Waals surface area contributed by atoms with Crippen LogP contribution in [0.5, 0.6) is 0 Å². The summed E-state index contributed by atoms with van der Waals surface area (Å²) in [7, 11) is 0. The Kier molecular flexibility index (Phi) is 6.05. The molecule has 4 nitrogen and oxygen atoms in total. The number of hydrogen-bond acceptors (Lipinski definition) is 4. The van der Waals surface area contributed by atoms with Crippen LogP contribution in [-0.2, 0) is 19.1 Å². The Hall–Kier alpha value is -1.71. The van der Waals surface area contributed by atoms with Gasteiger partial charge < -0.3 is 9.53 Å². The molecule has 0 radical (unpaired) electrons. The average Bonchev–Trinajstić information content (AvgIpc) is 3.26. The lowest BCUT2D eigenvalue weighted by atomic mass is 9.51. The molecule has 2 fully saturated rings. The van der Waals surface area contributed by atoms with Gasteiger partial charge in [0.25, 0.3) is 0 Å². The van der Waals surface area contributed by atoms with E-state index in [1.165, 1.54) is 0 Å². The molecule has 4 heteroatoms. The number of fused-ring (bicyclic) bond motifs is 2. The molecule has 0 aromatic rings. The summed E-state index contributed by atoms with van der Waals surface area (Å²) in [6.45, 7) is 3.93. The van der Waals surface area contributed by atoms with Gasteiger partial charge >= 0.3 is 5.97 Å². The number of hydrogen-bond donors (Lipinski definition) is 0. The summed E-state index contributed by atoms with van der Waals surface area (Å²) in [5.74, 6) is 2.65. The van der Waals surface area contributed by atoms with Crippen molar-refractivity contribution in [2.24, 2.45) is 34.5 Å². The molecular weight excluding hydrogens is 376 g/mol. The fourth-order valence-electron chi connectivity index (χ4n) is 7.22. The number of ketones is 2. The monoisotopic (exact) mass is 412 g/mol. The Balaban J connectivity index is 1.32. The van der Waals surface area contributed by atoms with E-state index >= 15 is 0 Å². The van der Waals surface area contributed by atoms with Gasteiger partial charge in [-0.15, -0.1) is 0 Å². The first kappa shape index (κ1) is 21.5. The number of carbonyl (C=O) groups excluding carboxylic acids is 3. The largest absolute Gasteiger partial charge is 0.466 e. The van der Waals surface area contributed by atoms with Crippen LogP contribution in [0.3, 0.4) is 0 Å². The van der Waals surface area contributed by atoms with Crippen molar-refractivity contribution in [1.29, 1.82) is 0 Å². The Morgan fingerprint density at radius 3 is 1.90 bits per heavy atom. The van der Waals surface area contributed by atoms with Crippen LogP contribution in [0.1, 0.15) is 78.1 Å². The molecule has 0 aromatic heterocycles. The van der Waals surface area contributed by atoms with E-state index < -0.39 is 0 Å². The van der Waals surface area contributed by atoms with E-state index in [1.54, 1.807) is 6.92 Å². The molecule has 4 rings (SSSR count). The van der Waals surface area contributed by atoms with E-state index in [9.17, 15) is 14.4 Å². The van der Waals surface area contributed by atoms with Crippen LogP contribution in [0.25, 0.3) is 0 Å². The number of Topliss-reactive ketones (excluding diaryl/α,β-unsaturated/α-hetero) is 2. The minimum absolute atomic E-state index is 0.0114. The Bertz CT molecular complexity index is 765. The van der Waals surface area contributed by atoms with Crippen molar-refractivity contribution >= 4 is 17.5 Å². The van der Waals surface area contributed by atoms with Crippen molar-refractivity contribution in [2.45, 2.75) is 78.1 Å². The van der Waals surface area contributed by atoms with Gasteiger partial charge in [0.1, 0.15) is 11.6 Å². The molecule has 0 aliphatic heterocycles. The van der Waals surface area contributed by atoms with E-state index in [0.717, 1.165) is 38.5 Å². The number of carbonyl (C=O) groups is 3. The molecular formula is C26H36O4. The zero-order chi connectivity index (χ0) is 21.4. The van der Waals surface area contributed by atoms with Crippen LogP contribution in [0.4, 0.5) is 0 Å². The quantitative estimate of drug-likeness (QED) is 0.345. The Morgan fingerprint density at radius 2 is 1.43 bits per heavy atom. The fourth-order valence-corrected chi connectivity index (χ4v) is 7.22. The lowest BCUT2D eigenvalue weighted by molar-refractivity contribution is -0.152. The molecule has 164 valence electrons. The first-order valence-corrected chi connectivity index (χ1v) is 11.9. The van der Waals surface area contributed by atoms with Gasteiger partial charge in [-0.05, 0) is 86.9 Å². The van der Waals surface area contributed by atoms with Crippen molar-refractivity contribution < 1.29 is 19.1 Å². The third kappa shape index (κ3) is 3.94. The van der Waals surface area contributed by atoms with Crippen LogP contribution in [0.15, 0.2) is 24.3 Å². The number of allylic oxidation sites excluding steroid dienone is 4. The van der Waals surface area contributed by atoms with Crippen molar-refractivity contribution in [3.63, 3.8) is 0 Å². The third-order valence-electron chi connectivity index (χ3n) is 8.54. The van der Waals surface area contributed by atoms with Crippen LogP contribution in [-0.4, -0.2) is 24.1 Å². The predicted octanol–water partition coefficient (Wildman–Crippen LogP) is 5.21. The van der Waals surface area contributed by atoms with Crippen LogP contribution < -0.4 is 0 Å². The highest BCUT2D eigenvalue weighted by atomic mass is 16.5. The molecule has 4 aliphatic carbocycles. The maximum atomic E-state index is 12.9. The summed E-state index contributed by atoms with van der Waals surface area (Å²) in [5, 5.41) is 0. The van der Waals surface area contributed by atoms with Gasteiger partial charge in [-0.2, -0.15) is 0 Å². The standard InChI is InChI=1S/C26H36O4/c1-3-30-24(29)17-26(16-20-7-5-9-23(20)26)13-11-21(28)10-12-25(14-18(2)27)15-19-6-4-8-22(19)25/h4-5,8-9,19-20,22-23H,3,6-7,10-17H2,1-2H3. The highest BCUT2D eigenvalue weighted by Gasteiger charge is 2.55. The van der Waals surface area contributed by atoms with Crippen LogP contribution in [0, 0.1) is 34.5 Å². The zero-order valence-electron chi connectivity index (χ0n) is 18.5. The Labute approximate surface area is 180 Å². The number of esters is 1. The predicted molar refractivity (Wildman–Crippen MR) is 116 cm³/mol. The molecule has 6 atom stereocenters. The van der Waals surface area contributed by atoms with Crippen molar-refractivity contribution in [2.75, 3.05) is 6.61 Å². The topological polar surface area (TPSA) is 60.4 Å². The van der Waals surface area contributed by atoms with Crippen LogP contribution in [0.2, 0.25) is 0 Å². The number of rotatable bonds is 11. The second-order valence-electron chi connectivity index (χ2n) is 10.4. The Morgan fingerprint density at radius 1 is 0.900 bits per heavy atom. The summed E-state index contributed by atoms with van der Waals surface area (Å²) in [4.78, 5) is 37.0. The molecule has 2 saturated carbocycles. The molecule has 0 saturated heterocycles. The third-order valence-corrected chi connectivity index (χ3v) is 8.54. The van der Waals surface area contributed by atoms with E-state index in [0.29, 0.717) is 56.0 Å². The second kappa shape index (κ2) is 8.43. The smallest absolute Gasteiger partial charge is 0.306 e. The molecule has 4 aliphatic rings. The van der Waals surface area contributed by atoms with Crippen molar-refractivity contribution in [3.05, 3.63) is 24.3 Å². The molecule has 0 aromatic carbocycles. The van der Waals surface area contributed by atoms with E-state index in [2.05, 4.69) is 24.3 Å². The molecule has 30 heavy (non-hydrogen) atoms. The second-order valence-corrected chi connectivity index (χ2v) is 10.4. The van der Waals surface area contributed by atoms with Crippen LogP contribution >= 0.6 is 0 Å². The lowest BCUT2D eigenvalue weighted by Crippen LogP contribution is -2.47. The van der Waals surface area contributed by atoms with E-state index in [4.69, 9.17) is 4.74 Å². The molecule has 0 bridgehead atoms. The van der Waals surface area contributed by atoms with Crippen molar-refractivity contribution in [1.82, 2.24) is 0 Å². The maximum absolute atomic E-state index is 12.9. The minimum atomic E-state index is -0.127. The van der Waals surface area contributed by atoms with E-state index in [1.807, 2.05) is 6.92 Å². The minimum Gasteiger partial charge on any atom is -0.466 e. The van der Waals surface area contributed by atoms with Gasteiger partial charge in [0.15, 0.2) is 0 Å². The van der Waals surface area contributed by atoms with Gasteiger partial charge in [-0.1, -0.05) is 24.3 Å². The fraction of sp³-hybridized carbons (Fsp3) is 0.731. The lowest BCUT2D eigenvalue weighted by Gasteiger charge is -2.53. The van der Waals surface area contributed by atoms with Gasteiger partial charge in [0.2, 0.25) is 0 Å². The highest BCUT2D eigenvalue weighted by molar-refractivity contribution is 5.79. The highest BCUT2D eigenvalue weighted by Crippen LogP contribution is 2.62.